The first-order valence-corrected chi connectivity index (χ1v) is 6.02. The number of hydrogen-bond acceptors (Lipinski definition) is 4. The largest absolute Gasteiger partial charge is 0.394 e. The fourth-order valence-electron chi connectivity index (χ4n) is 1.99. The molecule has 1 saturated heterocycles. The van der Waals surface area contributed by atoms with E-state index in [1.54, 1.807) is 12.3 Å². The summed E-state index contributed by atoms with van der Waals surface area (Å²) in [5.41, 5.74) is -1.57. The van der Waals surface area contributed by atoms with Crippen molar-refractivity contribution in [3.8, 4) is 0 Å². The number of H-pyrrole nitrogens is 1. The van der Waals surface area contributed by atoms with Crippen LogP contribution in [0.3, 0.4) is 0 Å². The first kappa shape index (κ1) is 12.8. The number of aliphatic hydroxyl groups excluding tert-OH is 1. The summed E-state index contributed by atoms with van der Waals surface area (Å²) in [6, 6.07) is 1.62. The molecule has 7 heteroatoms. The van der Waals surface area contributed by atoms with Gasteiger partial charge in [0.05, 0.1) is 12.7 Å². The van der Waals surface area contributed by atoms with Crippen LogP contribution in [0.2, 0.25) is 0 Å². The number of aliphatic hydroxyl groups is 1. The molecule has 0 radical (unpaired) electrons. The van der Waals surface area contributed by atoms with E-state index < -0.39 is 18.0 Å². The van der Waals surface area contributed by atoms with Crippen molar-refractivity contribution in [3.63, 3.8) is 0 Å². The van der Waals surface area contributed by atoms with E-state index in [1.165, 1.54) is 11.5 Å². The minimum absolute atomic E-state index is 0.144. The number of ether oxygens (including phenoxy) is 1. The molecule has 3 atom stereocenters. The Kier molecular flexibility index (Phi) is 3.44. The first-order valence-electron chi connectivity index (χ1n) is 5.21. The number of hydrogen-bond donors (Lipinski definition) is 2. The van der Waals surface area contributed by atoms with Gasteiger partial charge in [0.15, 0.2) is 16.7 Å². The molecule has 0 amide bonds. The van der Waals surface area contributed by atoms with E-state index in [2.05, 4.69) is 4.98 Å². The minimum Gasteiger partial charge on any atom is -0.394 e. The Morgan fingerprint density at radius 1 is 1.71 bits per heavy atom. The predicted octanol–water partition coefficient (Wildman–Crippen LogP) is 2.28. The number of halogens is 1. The molecule has 0 aromatic carbocycles. The molecule has 4 nitrogen and oxygen atoms in total. The predicted molar refractivity (Wildman–Crippen MR) is 65.6 cm³/mol. The van der Waals surface area contributed by atoms with Crippen molar-refractivity contribution in [3.05, 3.63) is 21.7 Å². The Labute approximate surface area is 108 Å². The zero-order valence-corrected chi connectivity index (χ0v) is 10.9. The van der Waals surface area contributed by atoms with Gasteiger partial charge in [-0.2, -0.15) is 0 Å². The van der Waals surface area contributed by atoms with E-state index >= 15 is 0 Å². The number of alkyl halides is 1. The number of aromatic amines is 1. The van der Waals surface area contributed by atoms with Gasteiger partial charge < -0.3 is 14.8 Å². The molecular formula is C10H13FN2O2S2. The van der Waals surface area contributed by atoms with Crippen molar-refractivity contribution in [1.29, 1.82) is 0 Å². The van der Waals surface area contributed by atoms with Crippen LogP contribution in [-0.2, 0) is 4.74 Å². The Balaban J connectivity index is 2.40. The van der Waals surface area contributed by atoms with E-state index in [0.717, 1.165) is 0 Å². The van der Waals surface area contributed by atoms with Crippen LogP contribution in [0.25, 0.3) is 0 Å². The molecule has 0 aliphatic carbocycles. The third-order valence-corrected chi connectivity index (χ3v) is 3.32. The van der Waals surface area contributed by atoms with E-state index in [9.17, 15) is 4.39 Å². The van der Waals surface area contributed by atoms with Gasteiger partial charge in [-0.05, 0) is 25.2 Å². The zero-order chi connectivity index (χ0) is 12.6. The highest BCUT2D eigenvalue weighted by molar-refractivity contribution is 7.72. The van der Waals surface area contributed by atoms with Gasteiger partial charge in [0.25, 0.3) is 0 Å². The average Bonchev–Trinajstić information content (AvgIpc) is 2.54. The van der Waals surface area contributed by atoms with Crippen LogP contribution in [0, 0.1) is 9.41 Å². The molecule has 1 aliphatic heterocycles. The second-order valence-corrected chi connectivity index (χ2v) is 5.12. The summed E-state index contributed by atoms with van der Waals surface area (Å²) in [6.45, 7) is 1.24. The molecule has 94 valence electrons. The Morgan fingerprint density at radius 3 is 2.94 bits per heavy atom. The third-order valence-electron chi connectivity index (χ3n) is 2.77. The lowest BCUT2D eigenvalue weighted by molar-refractivity contribution is -0.0600. The molecule has 2 heterocycles. The topological polar surface area (TPSA) is 50.2 Å². The summed E-state index contributed by atoms with van der Waals surface area (Å²) in [4.78, 5) is 2.77. The Morgan fingerprint density at radius 2 is 2.41 bits per heavy atom. The Bertz CT molecular complexity index is 526. The van der Waals surface area contributed by atoms with E-state index in [-0.39, 0.29) is 13.0 Å². The van der Waals surface area contributed by atoms with E-state index in [4.69, 9.17) is 34.3 Å². The minimum atomic E-state index is -1.57. The number of nitrogens with zero attached hydrogens (tertiary/aromatic N) is 1. The van der Waals surface area contributed by atoms with Gasteiger partial charge in [0.1, 0.15) is 4.64 Å². The van der Waals surface area contributed by atoms with Crippen LogP contribution in [0.5, 0.6) is 0 Å². The second kappa shape index (κ2) is 4.56. The monoisotopic (exact) mass is 276 g/mol. The van der Waals surface area contributed by atoms with Gasteiger partial charge >= 0.3 is 0 Å². The van der Waals surface area contributed by atoms with Crippen LogP contribution in [0.15, 0.2) is 12.3 Å². The summed E-state index contributed by atoms with van der Waals surface area (Å²) in [5, 5.41) is 9.02. The van der Waals surface area contributed by atoms with Gasteiger partial charge in [-0.15, -0.1) is 0 Å². The maximum Gasteiger partial charge on any atom is 0.180 e. The zero-order valence-electron chi connectivity index (χ0n) is 9.22. The van der Waals surface area contributed by atoms with Crippen LogP contribution in [-0.4, -0.2) is 33.0 Å². The Hall–Kier alpha value is -0.630. The molecule has 0 spiro atoms. The highest BCUT2D eigenvalue weighted by atomic mass is 32.1. The molecule has 0 saturated carbocycles. The van der Waals surface area contributed by atoms with E-state index in [0.29, 0.717) is 9.41 Å². The SMILES string of the molecule is CC1(F)CC(CO)OC1n1ccc(=S)[nH]c1=S. The summed E-state index contributed by atoms with van der Waals surface area (Å²) >= 11 is 10.0. The van der Waals surface area contributed by atoms with Crippen LogP contribution in [0.4, 0.5) is 4.39 Å². The number of aromatic nitrogens is 2. The number of rotatable bonds is 2. The molecule has 1 aliphatic rings. The maximum absolute atomic E-state index is 14.3. The van der Waals surface area contributed by atoms with Gasteiger partial charge in [-0.3, -0.25) is 4.57 Å². The molecule has 17 heavy (non-hydrogen) atoms. The van der Waals surface area contributed by atoms with Crippen molar-refractivity contribution in [2.24, 2.45) is 0 Å². The van der Waals surface area contributed by atoms with Gasteiger partial charge in [0.2, 0.25) is 0 Å². The molecule has 2 rings (SSSR count). The van der Waals surface area contributed by atoms with Gasteiger partial charge in [-0.1, -0.05) is 12.2 Å². The lowest BCUT2D eigenvalue weighted by atomic mass is 10.0. The van der Waals surface area contributed by atoms with Gasteiger partial charge in [-0.25, -0.2) is 4.39 Å². The van der Waals surface area contributed by atoms with Crippen molar-refractivity contribution in [2.45, 2.75) is 31.3 Å². The van der Waals surface area contributed by atoms with Crippen molar-refractivity contribution < 1.29 is 14.2 Å². The van der Waals surface area contributed by atoms with Crippen molar-refractivity contribution in [1.82, 2.24) is 9.55 Å². The average molecular weight is 276 g/mol. The summed E-state index contributed by atoms with van der Waals surface area (Å²) < 4.78 is 22.1. The molecule has 1 aromatic heterocycles. The molecule has 3 unspecified atom stereocenters. The first-order chi connectivity index (χ1) is 7.94. The highest BCUT2D eigenvalue weighted by Gasteiger charge is 2.46. The maximum atomic E-state index is 14.3. The lowest BCUT2D eigenvalue weighted by Gasteiger charge is -2.23. The van der Waals surface area contributed by atoms with Crippen LogP contribution in [0.1, 0.15) is 19.6 Å². The van der Waals surface area contributed by atoms with Crippen LogP contribution >= 0.6 is 24.4 Å². The fraction of sp³-hybridized carbons (Fsp3) is 0.600. The molecule has 1 fully saturated rings. The lowest BCUT2D eigenvalue weighted by Crippen LogP contribution is -2.28. The second-order valence-electron chi connectivity index (χ2n) is 4.29. The summed E-state index contributed by atoms with van der Waals surface area (Å²) in [5.74, 6) is 0. The molecular weight excluding hydrogens is 263 g/mol. The highest BCUT2D eigenvalue weighted by Crippen LogP contribution is 2.40. The van der Waals surface area contributed by atoms with Crippen molar-refractivity contribution in [2.75, 3.05) is 6.61 Å². The molecule has 0 bridgehead atoms. The quantitative estimate of drug-likeness (QED) is 0.814. The van der Waals surface area contributed by atoms with Gasteiger partial charge in [0, 0.05) is 12.6 Å². The molecule has 2 N–H and O–H groups in total. The van der Waals surface area contributed by atoms with E-state index in [1.807, 2.05) is 0 Å². The summed E-state index contributed by atoms with van der Waals surface area (Å²) in [7, 11) is 0. The summed E-state index contributed by atoms with van der Waals surface area (Å²) in [6.07, 6.45) is 0.411. The van der Waals surface area contributed by atoms with Crippen molar-refractivity contribution >= 4 is 24.4 Å². The normalized spacial score (nSPS) is 32.9. The standard InChI is InChI=1S/C10H13FN2O2S2/c1-10(11)4-6(5-14)15-8(10)13-3-2-7(16)12-9(13)17/h2-3,6,8,14H,4-5H2,1H3,(H,12,16,17). The molecule has 1 aromatic rings. The fourth-order valence-corrected chi connectivity index (χ4v) is 2.48. The van der Waals surface area contributed by atoms with Crippen LogP contribution < -0.4 is 0 Å². The number of nitrogens with one attached hydrogen (secondary N) is 1. The smallest absolute Gasteiger partial charge is 0.180 e. The third kappa shape index (κ3) is 2.47.